The van der Waals surface area contributed by atoms with E-state index in [2.05, 4.69) is 0 Å². The van der Waals surface area contributed by atoms with Crippen LogP contribution in [0.2, 0.25) is 0 Å². The van der Waals surface area contributed by atoms with Crippen molar-refractivity contribution >= 4 is 11.6 Å². The third-order valence-electron chi connectivity index (χ3n) is 3.10. The smallest absolute Gasteiger partial charge is 0.258 e. The maximum absolute atomic E-state index is 13.3. The molecular formula is C16H13FN2O. The first-order valence-electron chi connectivity index (χ1n) is 6.07. The molecule has 0 unspecified atom stereocenters. The summed E-state index contributed by atoms with van der Waals surface area (Å²) in [4.78, 5) is 13.8. The van der Waals surface area contributed by atoms with Gasteiger partial charge in [-0.25, -0.2) is 4.39 Å². The lowest BCUT2D eigenvalue weighted by Gasteiger charge is -2.18. The Morgan fingerprint density at radius 1 is 1.25 bits per heavy atom. The number of amides is 1. The van der Waals surface area contributed by atoms with Crippen LogP contribution in [0.1, 0.15) is 21.5 Å². The normalized spacial score (nSPS) is 9.90. The molecule has 20 heavy (non-hydrogen) atoms. The first-order valence-corrected chi connectivity index (χ1v) is 6.07. The first-order chi connectivity index (χ1) is 9.52. The fourth-order valence-electron chi connectivity index (χ4n) is 1.91. The van der Waals surface area contributed by atoms with Gasteiger partial charge in [0, 0.05) is 18.3 Å². The predicted octanol–water partition coefficient (Wildman–Crippen LogP) is 3.28. The second-order valence-electron chi connectivity index (χ2n) is 4.49. The molecule has 0 atom stereocenters. The largest absolute Gasteiger partial charge is 0.311 e. The number of halogens is 1. The second-order valence-corrected chi connectivity index (χ2v) is 4.49. The fourth-order valence-corrected chi connectivity index (χ4v) is 1.91. The monoisotopic (exact) mass is 268 g/mol. The van der Waals surface area contributed by atoms with Crippen LogP contribution >= 0.6 is 0 Å². The minimum Gasteiger partial charge on any atom is -0.311 e. The van der Waals surface area contributed by atoms with Crippen LogP contribution < -0.4 is 4.90 Å². The summed E-state index contributed by atoms with van der Waals surface area (Å²) in [7, 11) is 1.60. The van der Waals surface area contributed by atoms with E-state index in [0.29, 0.717) is 22.4 Å². The Kier molecular flexibility index (Phi) is 3.81. The van der Waals surface area contributed by atoms with Gasteiger partial charge in [-0.2, -0.15) is 5.26 Å². The van der Waals surface area contributed by atoms with E-state index >= 15 is 0 Å². The molecule has 2 rings (SSSR count). The highest BCUT2D eigenvalue weighted by atomic mass is 19.1. The molecule has 2 aromatic carbocycles. The van der Waals surface area contributed by atoms with E-state index < -0.39 is 5.82 Å². The third-order valence-corrected chi connectivity index (χ3v) is 3.10. The average Bonchev–Trinajstić information content (AvgIpc) is 2.48. The molecule has 0 aliphatic heterocycles. The molecule has 0 saturated heterocycles. The molecule has 0 N–H and O–H groups in total. The van der Waals surface area contributed by atoms with Crippen LogP contribution in [0.5, 0.6) is 0 Å². The summed E-state index contributed by atoms with van der Waals surface area (Å²) in [6, 6.07) is 12.9. The zero-order valence-corrected chi connectivity index (χ0v) is 11.2. The SMILES string of the molecule is Cc1ccc(F)cc1C(=O)N(C)c1cccc(C#N)c1. The first kappa shape index (κ1) is 13.8. The molecule has 0 fully saturated rings. The summed E-state index contributed by atoms with van der Waals surface area (Å²) >= 11 is 0. The Morgan fingerprint density at radius 2 is 2.00 bits per heavy atom. The lowest BCUT2D eigenvalue weighted by atomic mass is 10.1. The quantitative estimate of drug-likeness (QED) is 0.839. The van der Waals surface area contributed by atoms with Gasteiger partial charge in [0.15, 0.2) is 0 Å². The second kappa shape index (κ2) is 5.54. The van der Waals surface area contributed by atoms with Crippen molar-refractivity contribution < 1.29 is 9.18 Å². The molecule has 0 bridgehead atoms. The summed E-state index contributed by atoms with van der Waals surface area (Å²) in [6.45, 7) is 1.76. The number of benzene rings is 2. The molecule has 0 radical (unpaired) electrons. The van der Waals surface area contributed by atoms with Crippen molar-refractivity contribution in [1.82, 2.24) is 0 Å². The van der Waals surface area contributed by atoms with E-state index in [4.69, 9.17) is 5.26 Å². The van der Waals surface area contributed by atoms with Crippen molar-refractivity contribution in [1.29, 1.82) is 5.26 Å². The maximum Gasteiger partial charge on any atom is 0.258 e. The number of hydrogen-bond donors (Lipinski definition) is 0. The maximum atomic E-state index is 13.3. The van der Waals surface area contributed by atoms with E-state index in [1.807, 2.05) is 6.07 Å². The van der Waals surface area contributed by atoms with E-state index in [1.54, 1.807) is 44.3 Å². The van der Waals surface area contributed by atoms with Gasteiger partial charge >= 0.3 is 0 Å². The highest BCUT2D eigenvalue weighted by Crippen LogP contribution is 2.19. The van der Waals surface area contributed by atoms with Gasteiger partial charge < -0.3 is 4.90 Å². The molecule has 2 aromatic rings. The van der Waals surface area contributed by atoms with E-state index in [-0.39, 0.29) is 5.91 Å². The topological polar surface area (TPSA) is 44.1 Å². The highest BCUT2D eigenvalue weighted by Gasteiger charge is 2.16. The van der Waals surface area contributed by atoms with Gasteiger partial charge in [0.1, 0.15) is 5.82 Å². The average molecular weight is 268 g/mol. The van der Waals surface area contributed by atoms with Crippen LogP contribution in [-0.4, -0.2) is 13.0 Å². The summed E-state index contributed by atoms with van der Waals surface area (Å²) in [5.74, 6) is -0.754. The number of rotatable bonds is 2. The molecule has 0 heterocycles. The standard InChI is InChI=1S/C16H13FN2O/c1-11-6-7-13(17)9-15(11)16(20)19(2)14-5-3-4-12(8-14)10-18/h3-9H,1-2H3. The van der Waals surface area contributed by atoms with E-state index in [9.17, 15) is 9.18 Å². The van der Waals surface area contributed by atoms with Crippen LogP contribution in [0.25, 0.3) is 0 Å². The van der Waals surface area contributed by atoms with Crippen LogP contribution in [0.3, 0.4) is 0 Å². The Balaban J connectivity index is 2.37. The summed E-state index contributed by atoms with van der Waals surface area (Å²) < 4.78 is 13.3. The van der Waals surface area contributed by atoms with Crippen molar-refractivity contribution in [2.24, 2.45) is 0 Å². The molecule has 1 amide bonds. The Bertz CT molecular complexity index is 704. The molecule has 100 valence electrons. The van der Waals surface area contributed by atoms with E-state index in [0.717, 1.165) is 0 Å². The zero-order chi connectivity index (χ0) is 14.7. The number of carbonyl (C=O) groups is 1. The van der Waals surface area contributed by atoms with Gasteiger partial charge in [-0.15, -0.1) is 0 Å². The molecular weight excluding hydrogens is 255 g/mol. The van der Waals surface area contributed by atoms with Gasteiger partial charge in [0.2, 0.25) is 0 Å². The van der Waals surface area contributed by atoms with Crippen molar-refractivity contribution in [3.63, 3.8) is 0 Å². The van der Waals surface area contributed by atoms with Crippen molar-refractivity contribution in [3.8, 4) is 6.07 Å². The van der Waals surface area contributed by atoms with Gasteiger partial charge in [-0.05, 0) is 42.8 Å². The number of nitrogens with zero attached hydrogens (tertiary/aromatic N) is 2. The lowest BCUT2D eigenvalue weighted by molar-refractivity contribution is 0.0992. The van der Waals surface area contributed by atoms with Crippen LogP contribution in [0.15, 0.2) is 42.5 Å². The predicted molar refractivity (Wildman–Crippen MR) is 75.0 cm³/mol. The van der Waals surface area contributed by atoms with Gasteiger partial charge in [0.25, 0.3) is 5.91 Å². The number of hydrogen-bond acceptors (Lipinski definition) is 2. The Morgan fingerprint density at radius 3 is 2.70 bits per heavy atom. The Labute approximate surface area is 116 Å². The molecule has 0 aliphatic rings. The van der Waals surface area contributed by atoms with E-state index in [1.165, 1.54) is 17.0 Å². The summed E-state index contributed by atoms with van der Waals surface area (Å²) in [5.41, 5.74) is 2.09. The minimum atomic E-state index is -0.446. The molecule has 0 saturated carbocycles. The van der Waals surface area contributed by atoms with Gasteiger partial charge in [-0.3, -0.25) is 4.79 Å². The molecule has 3 nitrogen and oxygen atoms in total. The van der Waals surface area contributed by atoms with Crippen molar-refractivity contribution in [2.75, 3.05) is 11.9 Å². The highest BCUT2D eigenvalue weighted by molar-refractivity contribution is 6.06. The summed E-state index contributed by atoms with van der Waals surface area (Å²) in [6.07, 6.45) is 0. The van der Waals surface area contributed by atoms with Crippen molar-refractivity contribution in [3.05, 3.63) is 65.0 Å². The van der Waals surface area contributed by atoms with Crippen LogP contribution in [0.4, 0.5) is 10.1 Å². The molecule has 0 spiro atoms. The zero-order valence-electron chi connectivity index (χ0n) is 11.2. The van der Waals surface area contributed by atoms with Crippen molar-refractivity contribution in [2.45, 2.75) is 6.92 Å². The van der Waals surface area contributed by atoms with Gasteiger partial charge in [0.05, 0.1) is 11.6 Å². The lowest BCUT2D eigenvalue weighted by Crippen LogP contribution is -2.27. The van der Waals surface area contributed by atoms with Crippen LogP contribution in [0, 0.1) is 24.1 Å². The molecule has 0 aliphatic carbocycles. The number of aryl methyl sites for hydroxylation is 1. The molecule has 4 heteroatoms. The molecule has 0 aromatic heterocycles. The minimum absolute atomic E-state index is 0.308. The third kappa shape index (κ3) is 2.67. The van der Waals surface area contributed by atoms with Crippen LogP contribution in [-0.2, 0) is 0 Å². The summed E-state index contributed by atoms with van der Waals surface area (Å²) in [5, 5.41) is 8.88. The fraction of sp³-hybridized carbons (Fsp3) is 0.125. The van der Waals surface area contributed by atoms with Gasteiger partial charge in [-0.1, -0.05) is 12.1 Å². The Hall–Kier alpha value is -2.67. The number of nitriles is 1. The number of anilines is 1. The number of carbonyl (C=O) groups excluding carboxylic acids is 1.